The topological polar surface area (TPSA) is 63.9 Å². The Hall–Kier alpha value is -1.89. The highest BCUT2D eigenvalue weighted by molar-refractivity contribution is 7.99. The lowest BCUT2D eigenvalue weighted by Crippen LogP contribution is -2.42. The highest BCUT2D eigenvalue weighted by atomic mass is 32.2. The second-order valence-electron chi connectivity index (χ2n) is 7.52. The number of carbonyl (C=O) groups excluding carboxylic acids is 1. The Labute approximate surface area is 164 Å². The number of tetrazole rings is 1. The minimum absolute atomic E-state index is 0.152. The van der Waals surface area contributed by atoms with E-state index < -0.39 is 0 Å². The van der Waals surface area contributed by atoms with Crippen LogP contribution in [0.5, 0.6) is 0 Å². The molecule has 0 radical (unpaired) electrons. The molecule has 2 fully saturated rings. The number of hydrogen-bond donors (Lipinski definition) is 0. The average molecular weight is 386 g/mol. The van der Waals surface area contributed by atoms with Gasteiger partial charge in [0.25, 0.3) is 0 Å². The number of amides is 1. The van der Waals surface area contributed by atoms with Gasteiger partial charge < -0.3 is 4.90 Å². The number of benzene rings is 1. The van der Waals surface area contributed by atoms with Gasteiger partial charge in [-0.25, -0.2) is 4.68 Å². The Balaban J connectivity index is 1.46. The molecular formula is C20H27N5OS. The molecule has 2 aliphatic rings. The summed E-state index contributed by atoms with van der Waals surface area (Å²) in [6, 6.07) is 10.8. The zero-order valence-electron chi connectivity index (χ0n) is 15.7. The van der Waals surface area contributed by atoms with Crippen molar-refractivity contribution in [2.24, 2.45) is 0 Å². The van der Waals surface area contributed by atoms with Gasteiger partial charge in [-0.05, 0) is 48.2 Å². The molecule has 0 bridgehead atoms. The molecule has 0 unspecified atom stereocenters. The summed E-state index contributed by atoms with van der Waals surface area (Å²) in [6.45, 7) is 0. The second kappa shape index (κ2) is 8.87. The van der Waals surface area contributed by atoms with Crippen LogP contribution in [0, 0.1) is 0 Å². The van der Waals surface area contributed by atoms with E-state index in [1.54, 1.807) is 0 Å². The number of thioether (sulfide) groups is 1. The lowest BCUT2D eigenvalue weighted by molar-refractivity contribution is -0.116. The van der Waals surface area contributed by atoms with Gasteiger partial charge in [0.1, 0.15) is 0 Å². The van der Waals surface area contributed by atoms with E-state index in [2.05, 4.69) is 15.5 Å². The van der Waals surface area contributed by atoms with Gasteiger partial charge in [-0.1, -0.05) is 62.1 Å². The number of rotatable bonds is 6. The fraction of sp³-hybridized carbons (Fsp3) is 0.600. The third-order valence-electron chi connectivity index (χ3n) is 5.70. The van der Waals surface area contributed by atoms with Crippen molar-refractivity contribution in [3.05, 3.63) is 30.3 Å². The van der Waals surface area contributed by atoms with Crippen LogP contribution in [-0.2, 0) is 4.79 Å². The second-order valence-corrected chi connectivity index (χ2v) is 8.47. The molecule has 2 aromatic rings. The molecule has 1 amide bonds. The Bertz CT molecular complexity index is 738. The van der Waals surface area contributed by atoms with E-state index >= 15 is 0 Å². The summed E-state index contributed by atoms with van der Waals surface area (Å²) in [5.41, 5.74) is 1.00. The van der Waals surface area contributed by atoms with Gasteiger partial charge in [-0.3, -0.25) is 4.79 Å². The van der Waals surface area contributed by atoms with Crippen LogP contribution in [0.1, 0.15) is 63.8 Å². The predicted octanol–water partition coefficient (Wildman–Crippen LogP) is 4.25. The Morgan fingerprint density at radius 2 is 1.74 bits per heavy atom. The van der Waals surface area contributed by atoms with E-state index in [1.807, 2.05) is 39.9 Å². The molecule has 144 valence electrons. The minimum Gasteiger partial charge on any atom is -0.309 e. The molecule has 2 saturated carbocycles. The van der Waals surface area contributed by atoms with Gasteiger partial charge in [-0.15, -0.1) is 5.10 Å². The zero-order chi connectivity index (χ0) is 18.5. The van der Waals surface area contributed by atoms with Gasteiger partial charge in [0.15, 0.2) is 0 Å². The summed E-state index contributed by atoms with van der Waals surface area (Å²) in [7, 11) is 0. The largest absolute Gasteiger partial charge is 0.309 e. The van der Waals surface area contributed by atoms with Gasteiger partial charge in [0.05, 0.1) is 11.8 Å². The SMILES string of the molecule is O=C(CSc1nnnn1C1CCCC1)N(c1ccccc1)C1CCCCC1. The van der Waals surface area contributed by atoms with Crippen LogP contribution in [0.3, 0.4) is 0 Å². The molecule has 6 nitrogen and oxygen atoms in total. The van der Waals surface area contributed by atoms with Crippen molar-refractivity contribution in [2.45, 2.75) is 75.0 Å². The molecular weight excluding hydrogens is 358 g/mol. The van der Waals surface area contributed by atoms with E-state index in [1.165, 1.54) is 43.9 Å². The monoisotopic (exact) mass is 385 g/mol. The summed E-state index contributed by atoms with van der Waals surface area (Å²) in [5.74, 6) is 0.525. The molecule has 0 N–H and O–H groups in total. The van der Waals surface area contributed by atoms with Crippen molar-refractivity contribution in [3.63, 3.8) is 0 Å². The van der Waals surface area contributed by atoms with Crippen molar-refractivity contribution in [2.75, 3.05) is 10.7 Å². The average Bonchev–Trinajstić information content (AvgIpc) is 3.40. The molecule has 0 spiro atoms. The fourth-order valence-electron chi connectivity index (χ4n) is 4.34. The van der Waals surface area contributed by atoms with E-state index in [-0.39, 0.29) is 5.91 Å². The molecule has 27 heavy (non-hydrogen) atoms. The number of aromatic nitrogens is 4. The molecule has 2 aliphatic carbocycles. The summed E-state index contributed by atoms with van der Waals surface area (Å²) < 4.78 is 1.93. The van der Waals surface area contributed by atoms with Crippen LogP contribution in [0.25, 0.3) is 0 Å². The zero-order valence-corrected chi connectivity index (χ0v) is 16.5. The Morgan fingerprint density at radius 3 is 2.48 bits per heavy atom. The standard InChI is InChI=1S/C20H27N5OS/c26-19(15-27-20-21-22-23-25(20)18-13-7-8-14-18)24(16-9-3-1-4-10-16)17-11-5-2-6-12-17/h1,3-4,9-10,17-18H,2,5-8,11-15H2. The first-order chi connectivity index (χ1) is 13.3. The van der Waals surface area contributed by atoms with Gasteiger partial charge in [-0.2, -0.15) is 0 Å². The lowest BCUT2D eigenvalue weighted by Gasteiger charge is -2.34. The summed E-state index contributed by atoms with van der Waals surface area (Å²) in [6.07, 6.45) is 10.6. The van der Waals surface area contributed by atoms with E-state index in [9.17, 15) is 4.79 Å². The highest BCUT2D eigenvalue weighted by Gasteiger charge is 2.28. The molecule has 7 heteroatoms. The van der Waals surface area contributed by atoms with Gasteiger partial charge in [0.2, 0.25) is 11.1 Å². The van der Waals surface area contributed by atoms with Gasteiger partial charge >= 0.3 is 0 Å². The molecule has 0 aliphatic heterocycles. The molecule has 0 atom stereocenters. The van der Waals surface area contributed by atoms with Crippen LogP contribution in [0.15, 0.2) is 35.5 Å². The minimum atomic E-state index is 0.152. The molecule has 1 aromatic heterocycles. The van der Waals surface area contributed by atoms with Crippen molar-refractivity contribution < 1.29 is 4.79 Å². The van der Waals surface area contributed by atoms with Crippen LogP contribution >= 0.6 is 11.8 Å². The maximum Gasteiger partial charge on any atom is 0.237 e. The summed E-state index contributed by atoms with van der Waals surface area (Å²) in [5, 5.41) is 13.0. The van der Waals surface area contributed by atoms with E-state index in [0.717, 1.165) is 36.5 Å². The van der Waals surface area contributed by atoms with Gasteiger partial charge in [0, 0.05) is 11.7 Å². The fourth-order valence-corrected chi connectivity index (χ4v) is 5.14. The number of carbonyl (C=O) groups is 1. The molecule has 4 rings (SSSR count). The number of nitrogens with zero attached hydrogens (tertiary/aromatic N) is 5. The Morgan fingerprint density at radius 1 is 1.04 bits per heavy atom. The maximum absolute atomic E-state index is 13.2. The van der Waals surface area contributed by atoms with Crippen LogP contribution in [-0.4, -0.2) is 37.9 Å². The maximum atomic E-state index is 13.2. The van der Waals surface area contributed by atoms with Crippen molar-refractivity contribution in [3.8, 4) is 0 Å². The number of anilines is 1. The third-order valence-corrected chi connectivity index (χ3v) is 6.62. The molecule has 1 heterocycles. The van der Waals surface area contributed by atoms with Crippen molar-refractivity contribution in [1.82, 2.24) is 20.2 Å². The van der Waals surface area contributed by atoms with E-state index in [0.29, 0.717) is 17.8 Å². The Kier molecular flexibility index (Phi) is 6.07. The van der Waals surface area contributed by atoms with Crippen molar-refractivity contribution in [1.29, 1.82) is 0 Å². The highest BCUT2D eigenvalue weighted by Crippen LogP contribution is 2.32. The van der Waals surface area contributed by atoms with Crippen molar-refractivity contribution >= 4 is 23.4 Å². The first kappa shape index (κ1) is 18.5. The van der Waals surface area contributed by atoms with Crippen LogP contribution < -0.4 is 4.90 Å². The molecule has 0 saturated heterocycles. The third kappa shape index (κ3) is 4.34. The normalized spacial score (nSPS) is 18.7. The number of hydrogen-bond acceptors (Lipinski definition) is 5. The smallest absolute Gasteiger partial charge is 0.237 e. The first-order valence-electron chi connectivity index (χ1n) is 10.1. The first-order valence-corrected chi connectivity index (χ1v) is 11.1. The lowest BCUT2D eigenvalue weighted by atomic mass is 9.93. The van der Waals surface area contributed by atoms with Crippen LogP contribution in [0.2, 0.25) is 0 Å². The molecule has 1 aromatic carbocycles. The summed E-state index contributed by atoms with van der Waals surface area (Å²) >= 11 is 1.47. The van der Waals surface area contributed by atoms with Crippen LogP contribution in [0.4, 0.5) is 5.69 Å². The quantitative estimate of drug-likeness (QED) is 0.696. The predicted molar refractivity (Wildman–Crippen MR) is 107 cm³/mol. The summed E-state index contributed by atoms with van der Waals surface area (Å²) in [4.78, 5) is 15.2. The number of para-hydroxylation sites is 1. The van der Waals surface area contributed by atoms with E-state index in [4.69, 9.17) is 0 Å².